The lowest BCUT2D eigenvalue weighted by molar-refractivity contribution is -0.119. The third-order valence-corrected chi connectivity index (χ3v) is 4.07. The number of aromatic nitrogens is 2. The average Bonchev–Trinajstić information content (AvgIpc) is 3.13. The molecule has 3 N–H and O–H groups in total. The van der Waals surface area contributed by atoms with Crippen molar-refractivity contribution in [1.82, 2.24) is 15.1 Å². The number of amides is 2. The van der Waals surface area contributed by atoms with Crippen LogP contribution in [0.2, 0.25) is 0 Å². The van der Waals surface area contributed by atoms with Crippen molar-refractivity contribution in [3.05, 3.63) is 78.1 Å². The van der Waals surface area contributed by atoms with Crippen LogP contribution in [0.4, 0.5) is 0 Å². The third kappa shape index (κ3) is 4.33. The van der Waals surface area contributed by atoms with E-state index in [1.54, 1.807) is 10.9 Å². The van der Waals surface area contributed by atoms with E-state index < -0.39 is 17.9 Å². The smallest absolute Gasteiger partial charge is 0.276 e. The molecule has 0 bridgehead atoms. The summed E-state index contributed by atoms with van der Waals surface area (Å²) >= 11 is 0. The quantitative estimate of drug-likeness (QED) is 0.667. The second-order valence-electron chi connectivity index (χ2n) is 5.94. The molecule has 3 rings (SSSR count). The highest BCUT2D eigenvalue weighted by molar-refractivity contribution is 5.98. The van der Waals surface area contributed by atoms with Crippen LogP contribution < -0.4 is 15.8 Å². The van der Waals surface area contributed by atoms with Gasteiger partial charge in [0.1, 0.15) is 6.04 Å². The molecule has 1 aromatic heterocycles. The zero-order valence-corrected chi connectivity index (χ0v) is 14.8. The Labute approximate surface area is 156 Å². The van der Waals surface area contributed by atoms with Crippen LogP contribution in [0.5, 0.6) is 5.75 Å². The van der Waals surface area contributed by atoms with Crippen molar-refractivity contribution in [2.45, 2.75) is 12.5 Å². The Kier molecular flexibility index (Phi) is 5.51. The fourth-order valence-electron chi connectivity index (χ4n) is 2.68. The number of nitrogens with two attached hydrogens (primary N) is 1. The molecule has 2 amide bonds. The SMILES string of the molecule is COc1cn(-c2ccccc2)nc1C(=O)NC(Cc1ccccc1)C(N)=O. The molecular weight excluding hydrogens is 344 g/mol. The largest absolute Gasteiger partial charge is 0.493 e. The maximum atomic E-state index is 12.7. The number of carbonyl (C=O) groups is 2. The Balaban J connectivity index is 1.81. The highest BCUT2D eigenvalue weighted by Gasteiger charge is 2.24. The zero-order valence-electron chi connectivity index (χ0n) is 14.8. The number of hydrogen-bond donors (Lipinski definition) is 2. The molecule has 138 valence electrons. The van der Waals surface area contributed by atoms with E-state index in [1.165, 1.54) is 7.11 Å². The van der Waals surface area contributed by atoms with Gasteiger partial charge in [-0.25, -0.2) is 4.68 Å². The number of methoxy groups -OCH3 is 1. The predicted molar refractivity (Wildman–Crippen MR) is 101 cm³/mol. The second-order valence-corrected chi connectivity index (χ2v) is 5.94. The van der Waals surface area contributed by atoms with E-state index in [1.807, 2.05) is 60.7 Å². The Hall–Kier alpha value is -3.61. The summed E-state index contributed by atoms with van der Waals surface area (Å²) in [6, 6.07) is 17.8. The summed E-state index contributed by atoms with van der Waals surface area (Å²) in [4.78, 5) is 24.5. The lowest BCUT2D eigenvalue weighted by atomic mass is 10.1. The second kappa shape index (κ2) is 8.18. The molecule has 0 radical (unpaired) electrons. The Bertz CT molecular complexity index is 923. The Morgan fingerprint density at radius 2 is 1.74 bits per heavy atom. The normalized spacial score (nSPS) is 11.6. The first-order valence-corrected chi connectivity index (χ1v) is 8.41. The third-order valence-electron chi connectivity index (χ3n) is 4.07. The van der Waals surface area contributed by atoms with Crippen LogP contribution >= 0.6 is 0 Å². The van der Waals surface area contributed by atoms with E-state index in [9.17, 15) is 9.59 Å². The monoisotopic (exact) mass is 364 g/mol. The fraction of sp³-hybridized carbons (Fsp3) is 0.150. The van der Waals surface area contributed by atoms with E-state index in [4.69, 9.17) is 10.5 Å². The first-order valence-electron chi connectivity index (χ1n) is 8.41. The van der Waals surface area contributed by atoms with Crippen molar-refractivity contribution in [1.29, 1.82) is 0 Å². The first-order chi connectivity index (χ1) is 13.1. The maximum Gasteiger partial charge on any atom is 0.276 e. The molecule has 0 aliphatic carbocycles. The van der Waals surface area contributed by atoms with Crippen LogP contribution in [0.3, 0.4) is 0 Å². The van der Waals surface area contributed by atoms with Gasteiger partial charge < -0.3 is 15.8 Å². The summed E-state index contributed by atoms with van der Waals surface area (Å²) in [5.74, 6) is -0.839. The minimum atomic E-state index is -0.855. The molecular formula is C20H20N4O3. The van der Waals surface area contributed by atoms with E-state index in [0.29, 0.717) is 12.2 Å². The van der Waals surface area contributed by atoms with Crippen molar-refractivity contribution >= 4 is 11.8 Å². The number of para-hydroxylation sites is 1. The molecule has 0 saturated carbocycles. The number of nitrogens with zero attached hydrogens (tertiary/aromatic N) is 2. The predicted octanol–water partition coefficient (Wildman–Crippen LogP) is 1.71. The standard InChI is InChI=1S/C20H20N4O3/c1-27-17-13-24(15-10-6-3-7-11-15)23-18(17)20(26)22-16(19(21)25)12-14-8-4-2-5-9-14/h2-11,13,16H,12H2,1H3,(H2,21,25)(H,22,26). The van der Waals surface area contributed by atoms with Gasteiger partial charge in [-0.2, -0.15) is 5.10 Å². The number of nitrogens with one attached hydrogen (secondary N) is 1. The van der Waals surface area contributed by atoms with Gasteiger partial charge in [0.2, 0.25) is 5.91 Å². The fourth-order valence-corrected chi connectivity index (χ4v) is 2.68. The number of ether oxygens (including phenoxy) is 1. The van der Waals surface area contributed by atoms with Gasteiger partial charge in [-0.1, -0.05) is 48.5 Å². The molecule has 7 nitrogen and oxygen atoms in total. The summed E-state index contributed by atoms with van der Waals surface area (Å²) < 4.78 is 6.81. The van der Waals surface area contributed by atoms with Gasteiger partial charge in [0.05, 0.1) is 19.0 Å². The Morgan fingerprint density at radius 3 is 2.33 bits per heavy atom. The molecule has 27 heavy (non-hydrogen) atoms. The highest BCUT2D eigenvalue weighted by Crippen LogP contribution is 2.19. The van der Waals surface area contributed by atoms with Crippen LogP contribution in [0.25, 0.3) is 5.69 Å². The zero-order chi connectivity index (χ0) is 19.2. The van der Waals surface area contributed by atoms with Crippen molar-refractivity contribution in [2.75, 3.05) is 7.11 Å². The molecule has 0 aliphatic heterocycles. The first kappa shape index (κ1) is 18.2. The molecule has 0 spiro atoms. The number of rotatable bonds is 7. The van der Waals surface area contributed by atoms with Crippen LogP contribution in [0, 0.1) is 0 Å². The number of hydrogen-bond acceptors (Lipinski definition) is 4. The van der Waals surface area contributed by atoms with Gasteiger partial charge >= 0.3 is 0 Å². The summed E-state index contributed by atoms with van der Waals surface area (Å²) in [5.41, 5.74) is 7.23. The van der Waals surface area contributed by atoms with Gasteiger partial charge in [-0.15, -0.1) is 0 Å². The lowest BCUT2D eigenvalue weighted by Gasteiger charge is -2.15. The maximum absolute atomic E-state index is 12.7. The number of primary amides is 1. The van der Waals surface area contributed by atoms with Crippen LogP contribution in [0.15, 0.2) is 66.9 Å². The van der Waals surface area contributed by atoms with Gasteiger partial charge in [0, 0.05) is 6.42 Å². The van der Waals surface area contributed by atoms with Crippen LogP contribution in [-0.2, 0) is 11.2 Å². The van der Waals surface area contributed by atoms with Gasteiger partial charge in [-0.3, -0.25) is 9.59 Å². The van der Waals surface area contributed by atoms with Crippen molar-refractivity contribution in [3.63, 3.8) is 0 Å². The van der Waals surface area contributed by atoms with Crippen LogP contribution in [0.1, 0.15) is 16.1 Å². The van der Waals surface area contributed by atoms with Crippen molar-refractivity contribution < 1.29 is 14.3 Å². The summed E-state index contributed by atoms with van der Waals surface area (Å²) in [5, 5.41) is 6.95. The highest BCUT2D eigenvalue weighted by atomic mass is 16.5. The van der Waals surface area contributed by atoms with Gasteiger partial charge in [0.25, 0.3) is 5.91 Å². The molecule has 2 aromatic carbocycles. The molecule has 0 aliphatic rings. The van der Waals surface area contributed by atoms with Gasteiger partial charge in [-0.05, 0) is 17.7 Å². The van der Waals surface area contributed by atoms with Crippen molar-refractivity contribution in [2.24, 2.45) is 5.73 Å². The lowest BCUT2D eigenvalue weighted by Crippen LogP contribution is -2.46. The molecule has 3 aromatic rings. The van der Waals surface area contributed by atoms with Crippen LogP contribution in [-0.4, -0.2) is 34.7 Å². The average molecular weight is 364 g/mol. The number of carbonyl (C=O) groups excluding carboxylic acids is 2. The number of benzene rings is 2. The summed E-state index contributed by atoms with van der Waals surface area (Å²) in [6.07, 6.45) is 1.91. The Morgan fingerprint density at radius 1 is 1.11 bits per heavy atom. The molecule has 0 fully saturated rings. The van der Waals surface area contributed by atoms with Gasteiger partial charge in [0.15, 0.2) is 11.4 Å². The van der Waals surface area contributed by atoms with E-state index in [0.717, 1.165) is 11.3 Å². The molecule has 1 unspecified atom stereocenters. The van der Waals surface area contributed by atoms with E-state index in [-0.39, 0.29) is 5.69 Å². The van der Waals surface area contributed by atoms with E-state index in [2.05, 4.69) is 10.4 Å². The molecule has 0 saturated heterocycles. The van der Waals surface area contributed by atoms with Crippen molar-refractivity contribution in [3.8, 4) is 11.4 Å². The summed E-state index contributed by atoms with van der Waals surface area (Å²) in [7, 11) is 1.46. The molecule has 1 heterocycles. The minimum absolute atomic E-state index is 0.0839. The topological polar surface area (TPSA) is 99.2 Å². The molecule has 7 heteroatoms. The summed E-state index contributed by atoms with van der Waals surface area (Å²) in [6.45, 7) is 0. The van der Waals surface area contributed by atoms with E-state index >= 15 is 0 Å². The minimum Gasteiger partial charge on any atom is -0.493 e. The molecule has 1 atom stereocenters.